The van der Waals surface area contributed by atoms with Crippen molar-refractivity contribution in [3.8, 4) is 39.3 Å². The first-order chi connectivity index (χ1) is 22.3. The van der Waals surface area contributed by atoms with Crippen molar-refractivity contribution < 1.29 is 4.42 Å². The number of rotatable bonds is 4. The molecule has 0 aliphatic heterocycles. The number of aryl methyl sites for hydroxylation is 2. The third-order valence-electron chi connectivity index (χ3n) is 8.95. The molecule has 46 heavy (non-hydrogen) atoms. The predicted molar refractivity (Wildman–Crippen MR) is 191 cm³/mol. The summed E-state index contributed by atoms with van der Waals surface area (Å²) in [5.41, 5.74) is 13.3. The second kappa shape index (κ2) is 10.6. The molecule has 0 atom stereocenters. The van der Waals surface area contributed by atoms with Crippen molar-refractivity contribution in [1.29, 1.82) is 0 Å². The minimum absolute atomic E-state index is 0.0602. The van der Waals surface area contributed by atoms with E-state index in [-0.39, 0.29) is 5.41 Å². The molecule has 0 fully saturated rings. The third-order valence-corrected chi connectivity index (χ3v) is 8.95. The molecule has 8 aromatic rings. The molecule has 3 heterocycles. The van der Waals surface area contributed by atoms with Gasteiger partial charge < -0.3 is 4.42 Å². The van der Waals surface area contributed by atoms with Crippen molar-refractivity contribution in [2.45, 2.75) is 40.0 Å². The van der Waals surface area contributed by atoms with Gasteiger partial charge in [-0.05, 0) is 72.4 Å². The zero-order valence-electron chi connectivity index (χ0n) is 26.8. The minimum Gasteiger partial charge on any atom is -0.453 e. The summed E-state index contributed by atoms with van der Waals surface area (Å²) in [6, 6.07) is 43.1. The normalized spacial score (nSPS) is 12.0. The molecule has 5 aromatic carbocycles. The van der Waals surface area contributed by atoms with Crippen molar-refractivity contribution in [2.24, 2.45) is 0 Å². The van der Waals surface area contributed by atoms with Gasteiger partial charge in [-0.3, -0.25) is 9.55 Å². The van der Waals surface area contributed by atoms with E-state index in [2.05, 4.69) is 147 Å². The van der Waals surface area contributed by atoms with Gasteiger partial charge in [-0.25, -0.2) is 4.98 Å². The topological polar surface area (TPSA) is 43.9 Å². The summed E-state index contributed by atoms with van der Waals surface area (Å²) in [6.45, 7) is 10.9. The highest BCUT2D eigenvalue weighted by Crippen LogP contribution is 2.44. The number of para-hydroxylation sites is 3. The Labute approximate surface area is 269 Å². The highest BCUT2D eigenvalue weighted by molar-refractivity contribution is 6.10. The lowest BCUT2D eigenvalue weighted by Gasteiger charge is -2.26. The number of imidazole rings is 1. The fourth-order valence-corrected chi connectivity index (χ4v) is 6.70. The van der Waals surface area contributed by atoms with Gasteiger partial charge in [0.25, 0.3) is 0 Å². The van der Waals surface area contributed by atoms with Gasteiger partial charge in [-0.2, -0.15) is 0 Å². The minimum atomic E-state index is -0.0602. The highest BCUT2D eigenvalue weighted by atomic mass is 16.3. The van der Waals surface area contributed by atoms with Crippen LogP contribution in [0.2, 0.25) is 0 Å². The summed E-state index contributed by atoms with van der Waals surface area (Å²) in [5, 5.41) is 2.14. The van der Waals surface area contributed by atoms with Crippen molar-refractivity contribution in [2.75, 3.05) is 0 Å². The van der Waals surface area contributed by atoms with Crippen LogP contribution in [-0.2, 0) is 5.41 Å². The number of furan rings is 1. The molecule has 0 amide bonds. The number of benzene rings is 5. The molecule has 0 spiro atoms. The largest absolute Gasteiger partial charge is 0.453 e. The number of hydrogen-bond acceptors (Lipinski definition) is 3. The van der Waals surface area contributed by atoms with Gasteiger partial charge in [0.15, 0.2) is 5.58 Å². The first-order valence-corrected chi connectivity index (χ1v) is 15.8. The van der Waals surface area contributed by atoms with E-state index in [1.54, 1.807) is 0 Å². The SMILES string of the molecule is Cc1cc2c(oc3c(-c4nc5ccccc5n4-c4c(-c5ccccc5)cc(C(C)(C)C)cc4-c4ccccc4)cccc32)c(C)n1. The molecule has 0 N–H and O–H groups in total. The molecule has 0 bridgehead atoms. The molecule has 0 unspecified atom stereocenters. The average Bonchev–Trinajstić information content (AvgIpc) is 3.63. The molecular weight excluding hydrogens is 562 g/mol. The van der Waals surface area contributed by atoms with E-state index in [0.29, 0.717) is 0 Å². The standard InChI is InChI=1S/C42H35N3O/c1-26-23-35-31-19-14-20-32(40(31)46-39(35)27(2)43-26)41-44-36-21-12-13-22-37(36)45(41)38-33(28-15-8-6-9-16-28)24-30(42(3,4)5)25-34(38)29-17-10-7-11-18-29/h6-25H,1-5H3. The summed E-state index contributed by atoms with van der Waals surface area (Å²) in [5.74, 6) is 0.839. The Morgan fingerprint density at radius 1 is 0.587 bits per heavy atom. The Morgan fingerprint density at radius 3 is 1.87 bits per heavy atom. The van der Waals surface area contributed by atoms with Crippen LogP contribution in [0, 0.1) is 13.8 Å². The van der Waals surface area contributed by atoms with Crippen LogP contribution in [0.4, 0.5) is 0 Å². The molecule has 4 heteroatoms. The molecule has 0 saturated carbocycles. The first kappa shape index (κ1) is 28.0. The third kappa shape index (κ3) is 4.52. The Morgan fingerprint density at radius 2 is 1.22 bits per heavy atom. The maximum absolute atomic E-state index is 6.69. The Kier molecular flexibility index (Phi) is 6.43. The molecule has 4 nitrogen and oxygen atoms in total. The van der Waals surface area contributed by atoms with E-state index in [0.717, 1.165) is 83.7 Å². The van der Waals surface area contributed by atoms with Gasteiger partial charge in [0.05, 0.1) is 28.0 Å². The van der Waals surface area contributed by atoms with Crippen LogP contribution in [-0.4, -0.2) is 14.5 Å². The fraction of sp³-hybridized carbons (Fsp3) is 0.143. The number of fused-ring (bicyclic) bond motifs is 4. The Hall–Kier alpha value is -5.48. The van der Waals surface area contributed by atoms with Gasteiger partial charge in [-0.15, -0.1) is 0 Å². The Balaban J connectivity index is 1.55. The number of aromatic nitrogens is 3. The predicted octanol–water partition coefficient (Wildman–Crippen LogP) is 11.2. The van der Waals surface area contributed by atoms with Gasteiger partial charge in [0.2, 0.25) is 0 Å². The average molecular weight is 598 g/mol. The van der Waals surface area contributed by atoms with Gasteiger partial charge in [0, 0.05) is 27.6 Å². The summed E-state index contributed by atoms with van der Waals surface area (Å²) in [7, 11) is 0. The first-order valence-electron chi connectivity index (χ1n) is 15.8. The van der Waals surface area contributed by atoms with Gasteiger partial charge in [0.1, 0.15) is 11.4 Å². The maximum Gasteiger partial charge on any atom is 0.156 e. The van der Waals surface area contributed by atoms with Gasteiger partial charge >= 0.3 is 0 Å². The van der Waals surface area contributed by atoms with Crippen LogP contribution in [0.3, 0.4) is 0 Å². The quantitative estimate of drug-likeness (QED) is 0.203. The highest BCUT2D eigenvalue weighted by Gasteiger charge is 2.26. The van der Waals surface area contributed by atoms with Crippen LogP contribution in [0.25, 0.3) is 72.3 Å². The molecule has 0 radical (unpaired) electrons. The van der Waals surface area contributed by atoms with E-state index in [1.807, 2.05) is 13.8 Å². The molecular formula is C42H35N3O. The lowest BCUT2D eigenvalue weighted by Crippen LogP contribution is -2.13. The maximum atomic E-state index is 6.69. The summed E-state index contributed by atoms with van der Waals surface area (Å²) >= 11 is 0. The number of hydrogen-bond donors (Lipinski definition) is 0. The zero-order chi connectivity index (χ0) is 31.6. The van der Waals surface area contributed by atoms with Crippen LogP contribution >= 0.6 is 0 Å². The Bertz CT molecular complexity index is 2350. The van der Waals surface area contributed by atoms with Gasteiger partial charge in [-0.1, -0.05) is 106 Å². The van der Waals surface area contributed by atoms with Crippen molar-refractivity contribution in [3.05, 3.63) is 138 Å². The molecule has 0 saturated heterocycles. The van der Waals surface area contributed by atoms with E-state index in [1.165, 1.54) is 5.56 Å². The van der Waals surface area contributed by atoms with Crippen molar-refractivity contribution in [1.82, 2.24) is 14.5 Å². The van der Waals surface area contributed by atoms with Crippen molar-refractivity contribution >= 4 is 33.0 Å². The van der Waals surface area contributed by atoms with Crippen LogP contribution in [0.15, 0.2) is 126 Å². The van der Waals surface area contributed by atoms with Crippen LogP contribution < -0.4 is 0 Å². The van der Waals surface area contributed by atoms with Crippen LogP contribution in [0.5, 0.6) is 0 Å². The second-order valence-corrected chi connectivity index (χ2v) is 13.2. The molecule has 0 aliphatic rings. The van der Waals surface area contributed by atoms with E-state index >= 15 is 0 Å². The van der Waals surface area contributed by atoms with E-state index in [4.69, 9.17) is 14.4 Å². The lowest BCUT2D eigenvalue weighted by atomic mass is 9.82. The number of pyridine rings is 1. The smallest absolute Gasteiger partial charge is 0.156 e. The number of nitrogens with zero attached hydrogens (tertiary/aromatic N) is 3. The summed E-state index contributed by atoms with van der Waals surface area (Å²) in [6.07, 6.45) is 0. The summed E-state index contributed by atoms with van der Waals surface area (Å²) < 4.78 is 9.04. The molecule has 224 valence electrons. The summed E-state index contributed by atoms with van der Waals surface area (Å²) in [4.78, 5) is 10.1. The monoisotopic (exact) mass is 597 g/mol. The fourth-order valence-electron chi connectivity index (χ4n) is 6.70. The second-order valence-electron chi connectivity index (χ2n) is 13.2. The molecule has 3 aromatic heterocycles. The van der Waals surface area contributed by atoms with Crippen LogP contribution in [0.1, 0.15) is 37.7 Å². The lowest BCUT2D eigenvalue weighted by molar-refractivity contribution is 0.590. The molecule has 0 aliphatic carbocycles. The van der Waals surface area contributed by atoms with E-state index < -0.39 is 0 Å². The van der Waals surface area contributed by atoms with Crippen molar-refractivity contribution in [3.63, 3.8) is 0 Å². The van der Waals surface area contributed by atoms with E-state index in [9.17, 15) is 0 Å². The zero-order valence-corrected chi connectivity index (χ0v) is 26.8. The molecule has 8 rings (SSSR count).